The third-order valence-corrected chi connectivity index (χ3v) is 6.78. The lowest BCUT2D eigenvalue weighted by Gasteiger charge is -2.37. The van der Waals surface area contributed by atoms with Crippen molar-refractivity contribution in [3.63, 3.8) is 0 Å². The number of hydrogen-bond donors (Lipinski definition) is 0. The summed E-state index contributed by atoms with van der Waals surface area (Å²) >= 11 is 0. The van der Waals surface area contributed by atoms with Gasteiger partial charge in [-0.15, -0.1) is 0 Å². The number of ether oxygens (including phenoxy) is 3. The zero-order valence-electron chi connectivity index (χ0n) is 20.8. The van der Waals surface area contributed by atoms with Gasteiger partial charge in [0.05, 0.1) is 12.2 Å². The van der Waals surface area contributed by atoms with Crippen LogP contribution in [0.15, 0.2) is 78.9 Å². The van der Waals surface area contributed by atoms with Crippen molar-refractivity contribution in [3.05, 3.63) is 95.6 Å². The number of benzene rings is 3. The van der Waals surface area contributed by atoms with Gasteiger partial charge in [-0.3, -0.25) is 9.69 Å². The van der Waals surface area contributed by atoms with E-state index >= 15 is 0 Å². The highest BCUT2D eigenvalue weighted by Crippen LogP contribution is 2.34. The van der Waals surface area contributed by atoms with E-state index in [4.69, 9.17) is 14.2 Å². The van der Waals surface area contributed by atoms with E-state index in [2.05, 4.69) is 4.90 Å². The van der Waals surface area contributed by atoms with Crippen LogP contribution in [0.1, 0.15) is 22.8 Å². The lowest BCUT2D eigenvalue weighted by atomic mass is 9.99. The van der Waals surface area contributed by atoms with E-state index in [1.54, 1.807) is 17.0 Å². The van der Waals surface area contributed by atoms with Gasteiger partial charge in [0, 0.05) is 32.7 Å². The first-order valence-corrected chi connectivity index (χ1v) is 12.6. The maximum atomic E-state index is 13.3. The Bertz CT molecular complexity index is 1230. The highest BCUT2D eigenvalue weighted by atomic mass is 19.4. The van der Waals surface area contributed by atoms with Crippen LogP contribution >= 0.6 is 0 Å². The molecule has 0 bridgehead atoms. The van der Waals surface area contributed by atoms with Crippen molar-refractivity contribution in [1.29, 1.82) is 0 Å². The summed E-state index contributed by atoms with van der Waals surface area (Å²) in [7, 11) is 0. The quantitative estimate of drug-likeness (QED) is 0.443. The minimum Gasteiger partial charge on any atom is -0.485 e. The van der Waals surface area contributed by atoms with Crippen LogP contribution < -0.4 is 9.47 Å². The standard InChI is InChI=1S/C29H29F3N2O4/c30-29(31,32)23-10-6-9-22(19-23)27(21-7-2-1-3-8-21)36-18-17-33-13-15-34(16-14-33)28(35)26-20-37-24-11-4-5-12-25(24)38-26/h1-12,19,26-27H,13-18,20H2. The molecule has 2 atom stereocenters. The van der Waals surface area contributed by atoms with E-state index in [1.807, 2.05) is 48.5 Å². The maximum absolute atomic E-state index is 13.3. The van der Waals surface area contributed by atoms with Crippen molar-refractivity contribution < 1.29 is 32.2 Å². The second-order valence-electron chi connectivity index (χ2n) is 9.32. The monoisotopic (exact) mass is 526 g/mol. The topological polar surface area (TPSA) is 51.2 Å². The molecule has 200 valence electrons. The molecule has 0 radical (unpaired) electrons. The molecule has 5 rings (SSSR count). The average Bonchev–Trinajstić information content (AvgIpc) is 2.95. The molecular weight excluding hydrogens is 497 g/mol. The van der Waals surface area contributed by atoms with E-state index in [0.29, 0.717) is 56.4 Å². The molecule has 1 amide bonds. The number of carbonyl (C=O) groups excluding carboxylic acids is 1. The van der Waals surface area contributed by atoms with Crippen LogP contribution in [0.2, 0.25) is 0 Å². The van der Waals surface area contributed by atoms with Gasteiger partial charge < -0.3 is 19.1 Å². The zero-order valence-corrected chi connectivity index (χ0v) is 20.8. The van der Waals surface area contributed by atoms with Gasteiger partial charge in [0.2, 0.25) is 6.10 Å². The minimum atomic E-state index is -4.42. The molecule has 0 N–H and O–H groups in total. The highest BCUT2D eigenvalue weighted by molar-refractivity contribution is 5.82. The molecule has 0 aliphatic carbocycles. The zero-order chi connectivity index (χ0) is 26.5. The fourth-order valence-corrected chi connectivity index (χ4v) is 4.73. The third kappa shape index (κ3) is 6.11. The lowest BCUT2D eigenvalue weighted by molar-refractivity contribution is -0.143. The van der Waals surface area contributed by atoms with Crippen molar-refractivity contribution in [2.24, 2.45) is 0 Å². The Hall–Kier alpha value is -3.56. The smallest absolute Gasteiger partial charge is 0.416 e. The number of nitrogens with zero attached hydrogens (tertiary/aromatic N) is 2. The number of piperazine rings is 1. The number of carbonyl (C=O) groups is 1. The molecular formula is C29H29F3N2O4. The Labute approximate surface area is 219 Å². The van der Waals surface area contributed by atoms with Gasteiger partial charge in [0.1, 0.15) is 12.7 Å². The third-order valence-electron chi connectivity index (χ3n) is 6.78. The molecule has 3 aromatic rings. The predicted octanol–water partition coefficient (Wildman–Crippen LogP) is 4.80. The summed E-state index contributed by atoms with van der Waals surface area (Å²) in [6.07, 6.45) is -5.71. The van der Waals surface area contributed by atoms with Gasteiger partial charge in [-0.2, -0.15) is 13.2 Å². The maximum Gasteiger partial charge on any atom is 0.416 e. The molecule has 0 spiro atoms. The van der Waals surface area contributed by atoms with Crippen LogP contribution in [-0.4, -0.2) is 67.7 Å². The average molecular weight is 527 g/mol. The van der Waals surface area contributed by atoms with Crippen LogP contribution in [-0.2, 0) is 15.7 Å². The largest absolute Gasteiger partial charge is 0.485 e. The summed E-state index contributed by atoms with van der Waals surface area (Å²) in [6, 6.07) is 21.8. The number of hydrogen-bond acceptors (Lipinski definition) is 5. The van der Waals surface area contributed by atoms with Crippen molar-refractivity contribution in [2.45, 2.75) is 18.4 Å². The van der Waals surface area contributed by atoms with E-state index in [-0.39, 0.29) is 12.5 Å². The fourth-order valence-electron chi connectivity index (χ4n) is 4.73. The second kappa shape index (κ2) is 11.4. The molecule has 3 aromatic carbocycles. The highest BCUT2D eigenvalue weighted by Gasteiger charge is 2.33. The Balaban J connectivity index is 1.15. The Morgan fingerprint density at radius 2 is 1.58 bits per heavy atom. The molecule has 38 heavy (non-hydrogen) atoms. The minimum absolute atomic E-state index is 0.0934. The van der Waals surface area contributed by atoms with Crippen LogP contribution in [0.4, 0.5) is 13.2 Å². The predicted molar refractivity (Wildman–Crippen MR) is 135 cm³/mol. The normalized spacial score (nSPS) is 18.7. The van der Waals surface area contributed by atoms with E-state index < -0.39 is 23.9 Å². The summed E-state index contributed by atoms with van der Waals surface area (Å²) < 4.78 is 57.6. The van der Waals surface area contributed by atoms with Crippen molar-refractivity contribution >= 4 is 5.91 Å². The summed E-state index contributed by atoms with van der Waals surface area (Å²) in [5.74, 6) is 1.12. The first-order chi connectivity index (χ1) is 18.4. The van der Waals surface area contributed by atoms with E-state index in [9.17, 15) is 18.0 Å². The number of alkyl halides is 3. The first kappa shape index (κ1) is 26.1. The fraction of sp³-hybridized carbons (Fsp3) is 0.345. The first-order valence-electron chi connectivity index (χ1n) is 12.6. The molecule has 6 nitrogen and oxygen atoms in total. The van der Waals surface area contributed by atoms with Gasteiger partial charge in [0.15, 0.2) is 11.5 Å². The Kier molecular flexibility index (Phi) is 7.85. The number of amides is 1. The van der Waals surface area contributed by atoms with Crippen molar-refractivity contribution in [2.75, 3.05) is 45.9 Å². The van der Waals surface area contributed by atoms with Gasteiger partial charge in [-0.25, -0.2) is 0 Å². The summed E-state index contributed by atoms with van der Waals surface area (Å²) in [5, 5.41) is 0. The summed E-state index contributed by atoms with van der Waals surface area (Å²) in [6.45, 7) is 3.55. The lowest BCUT2D eigenvalue weighted by Crippen LogP contribution is -2.54. The molecule has 2 unspecified atom stereocenters. The number of rotatable bonds is 7. The van der Waals surface area contributed by atoms with Crippen LogP contribution in [0, 0.1) is 0 Å². The number of halogens is 3. The van der Waals surface area contributed by atoms with Gasteiger partial charge >= 0.3 is 6.18 Å². The molecule has 1 saturated heterocycles. The van der Waals surface area contributed by atoms with E-state index in [0.717, 1.165) is 17.7 Å². The number of fused-ring (bicyclic) bond motifs is 1. The van der Waals surface area contributed by atoms with E-state index in [1.165, 1.54) is 6.07 Å². The molecule has 2 aliphatic rings. The van der Waals surface area contributed by atoms with Crippen LogP contribution in [0.5, 0.6) is 11.5 Å². The Morgan fingerprint density at radius 3 is 2.32 bits per heavy atom. The van der Waals surface area contributed by atoms with Gasteiger partial charge in [-0.05, 0) is 35.4 Å². The number of para-hydroxylation sites is 2. The van der Waals surface area contributed by atoms with Crippen LogP contribution in [0.3, 0.4) is 0 Å². The SMILES string of the molecule is O=C(C1COc2ccccc2O1)N1CCN(CCOC(c2ccccc2)c2cccc(C(F)(F)F)c2)CC1. The van der Waals surface area contributed by atoms with Gasteiger partial charge in [-0.1, -0.05) is 54.6 Å². The molecule has 1 fully saturated rings. The molecule has 9 heteroatoms. The summed E-state index contributed by atoms with van der Waals surface area (Å²) in [5.41, 5.74) is 0.549. The molecule has 0 aromatic heterocycles. The summed E-state index contributed by atoms with van der Waals surface area (Å²) in [4.78, 5) is 17.0. The Morgan fingerprint density at radius 1 is 0.895 bits per heavy atom. The second-order valence-corrected chi connectivity index (χ2v) is 9.32. The molecule has 2 heterocycles. The molecule has 2 aliphatic heterocycles. The van der Waals surface area contributed by atoms with Crippen LogP contribution in [0.25, 0.3) is 0 Å². The van der Waals surface area contributed by atoms with Crippen molar-refractivity contribution in [3.8, 4) is 11.5 Å². The van der Waals surface area contributed by atoms with Crippen molar-refractivity contribution in [1.82, 2.24) is 9.80 Å². The van der Waals surface area contributed by atoms with Gasteiger partial charge in [0.25, 0.3) is 5.91 Å². The molecule has 0 saturated carbocycles.